The highest BCUT2D eigenvalue weighted by Gasteiger charge is 2.54. The van der Waals surface area contributed by atoms with Crippen molar-refractivity contribution >= 4 is 5.82 Å². The fourth-order valence-corrected chi connectivity index (χ4v) is 3.02. The van der Waals surface area contributed by atoms with Gasteiger partial charge in [-0.2, -0.15) is 0 Å². The van der Waals surface area contributed by atoms with Gasteiger partial charge >= 0.3 is 0 Å². The quantitative estimate of drug-likeness (QED) is 0.810. The molecule has 0 aromatic carbocycles. The Balaban J connectivity index is 0.000000528. The van der Waals surface area contributed by atoms with Gasteiger partial charge in [0.1, 0.15) is 5.82 Å². The van der Waals surface area contributed by atoms with Gasteiger partial charge in [-0.25, -0.2) is 4.98 Å². The van der Waals surface area contributed by atoms with Crippen LogP contribution in [-0.2, 0) is 4.74 Å². The lowest BCUT2D eigenvalue weighted by Crippen LogP contribution is -2.82. The van der Waals surface area contributed by atoms with Gasteiger partial charge in [0.05, 0.1) is 25.3 Å². The molecule has 0 saturated carbocycles. The standard InChI is InChI=1S/C13H17N3O.C2H6/c1-9-2-3-13(14-4-9)16-6-11-12(16)5-15(11)10-7-17-8-10;1-2/h2-4,10-12H,5-8H2,1H3;1-2H3/t11?,12-;/m0./s1. The zero-order chi connectivity index (χ0) is 13.4. The molecular formula is C15H23N3O. The highest BCUT2D eigenvalue weighted by Crippen LogP contribution is 2.38. The van der Waals surface area contributed by atoms with E-state index in [2.05, 4.69) is 33.8 Å². The van der Waals surface area contributed by atoms with E-state index in [1.54, 1.807) is 0 Å². The van der Waals surface area contributed by atoms with Crippen molar-refractivity contribution in [3.8, 4) is 0 Å². The summed E-state index contributed by atoms with van der Waals surface area (Å²) in [4.78, 5) is 9.53. The third kappa shape index (κ3) is 2.03. The number of ether oxygens (including phenoxy) is 1. The minimum absolute atomic E-state index is 0.698. The van der Waals surface area contributed by atoms with Gasteiger partial charge in [0.25, 0.3) is 0 Å². The number of rotatable bonds is 2. The average Bonchev–Trinajstić information content (AvgIpc) is 2.37. The zero-order valence-corrected chi connectivity index (χ0v) is 12.0. The van der Waals surface area contributed by atoms with Crippen LogP contribution in [0.25, 0.3) is 0 Å². The van der Waals surface area contributed by atoms with E-state index in [0.717, 1.165) is 31.6 Å². The van der Waals surface area contributed by atoms with Crippen LogP contribution in [0.1, 0.15) is 19.4 Å². The number of anilines is 1. The van der Waals surface area contributed by atoms with Gasteiger partial charge < -0.3 is 9.64 Å². The molecule has 4 heteroatoms. The molecule has 3 saturated heterocycles. The fourth-order valence-electron chi connectivity index (χ4n) is 3.02. The summed E-state index contributed by atoms with van der Waals surface area (Å²) in [6.45, 7) is 10.3. The normalized spacial score (nSPS) is 29.3. The third-order valence-corrected chi connectivity index (χ3v) is 4.33. The highest BCUT2D eigenvalue weighted by molar-refractivity contribution is 5.48. The molecule has 1 aromatic heterocycles. The molecule has 3 aliphatic heterocycles. The molecule has 0 spiro atoms. The minimum atomic E-state index is 0.698. The van der Waals surface area contributed by atoms with Gasteiger partial charge in [-0.1, -0.05) is 19.9 Å². The van der Waals surface area contributed by atoms with E-state index < -0.39 is 0 Å². The Hall–Kier alpha value is -1.13. The van der Waals surface area contributed by atoms with E-state index >= 15 is 0 Å². The van der Waals surface area contributed by atoms with E-state index in [1.807, 2.05) is 20.0 Å². The lowest BCUT2D eigenvalue weighted by atomic mass is 9.83. The zero-order valence-electron chi connectivity index (χ0n) is 12.0. The minimum Gasteiger partial charge on any atom is -0.378 e. The first-order valence-electron chi connectivity index (χ1n) is 7.36. The molecule has 4 rings (SSSR count). The molecule has 104 valence electrons. The number of pyridine rings is 1. The van der Waals surface area contributed by atoms with Gasteiger partial charge in [0.2, 0.25) is 0 Å². The van der Waals surface area contributed by atoms with Gasteiger partial charge in [-0.15, -0.1) is 0 Å². The first kappa shape index (κ1) is 12.9. The second-order valence-corrected chi connectivity index (χ2v) is 5.37. The molecular weight excluding hydrogens is 238 g/mol. The Kier molecular flexibility index (Phi) is 3.46. The second kappa shape index (κ2) is 5.10. The number of piperazine rings is 1. The van der Waals surface area contributed by atoms with Gasteiger partial charge in [-0.3, -0.25) is 4.90 Å². The summed E-state index contributed by atoms with van der Waals surface area (Å²) in [7, 11) is 0. The predicted octanol–water partition coefficient (Wildman–Crippen LogP) is 1.69. The van der Waals surface area contributed by atoms with Gasteiger partial charge in [0.15, 0.2) is 0 Å². The third-order valence-electron chi connectivity index (χ3n) is 4.33. The summed E-state index contributed by atoms with van der Waals surface area (Å²) < 4.78 is 5.26. The molecule has 1 aromatic rings. The summed E-state index contributed by atoms with van der Waals surface area (Å²) in [6.07, 6.45) is 1.96. The monoisotopic (exact) mass is 261 g/mol. The maximum Gasteiger partial charge on any atom is 0.128 e. The van der Waals surface area contributed by atoms with E-state index in [9.17, 15) is 0 Å². The van der Waals surface area contributed by atoms with E-state index in [-0.39, 0.29) is 0 Å². The van der Waals surface area contributed by atoms with Crippen molar-refractivity contribution in [3.05, 3.63) is 23.9 Å². The van der Waals surface area contributed by atoms with E-state index in [1.165, 1.54) is 12.1 Å². The molecule has 0 radical (unpaired) electrons. The largest absolute Gasteiger partial charge is 0.378 e. The summed E-state index contributed by atoms with van der Waals surface area (Å²) in [5.74, 6) is 1.14. The van der Waals surface area contributed by atoms with Crippen LogP contribution < -0.4 is 4.90 Å². The van der Waals surface area contributed by atoms with Crippen molar-refractivity contribution in [2.24, 2.45) is 0 Å². The molecule has 19 heavy (non-hydrogen) atoms. The van der Waals surface area contributed by atoms with Gasteiger partial charge in [0, 0.05) is 25.3 Å². The number of fused-ring (bicyclic) bond motifs is 1. The molecule has 3 aliphatic rings. The van der Waals surface area contributed by atoms with Crippen molar-refractivity contribution < 1.29 is 4.74 Å². The smallest absolute Gasteiger partial charge is 0.128 e. The van der Waals surface area contributed by atoms with Crippen LogP contribution in [0.3, 0.4) is 0 Å². The first-order chi connectivity index (χ1) is 9.33. The average molecular weight is 261 g/mol. The molecule has 4 nitrogen and oxygen atoms in total. The van der Waals surface area contributed by atoms with Crippen LogP contribution in [0.2, 0.25) is 0 Å². The Morgan fingerprint density at radius 2 is 1.95 bits per heavy atom. The van der Waals surface area contributed by atoms with Crippen molar-refractivity contribution in [2.45, 2.75) is 38.9 Å². The SMILES string of the molecule is CC.Cc1ccc(N2CC3[C@@H]2CN3C2COC2)nc1. The van der Waals surface area contributed by atoms with Gasteiger partial charge in [-0.05, 0) is 18.6 Å². The summed E-state index contributed by atoms with van der Waals surface area (Å²) in [5.41, 5.74) is 1.23. The van der Waals surface area contributed by atoms with Crippen LogP contribution >= 0.6 is 0 Å². The van der Waals surface area contributed by atoms with E-state index in [0.29, 0.717) is 12.1 Å². The van der Waals surface area contributed by atoms with Crippen LogP contribution in [-0.4, -0.2) is 54.3 Å². The Morgan fingerprint density at radius 3 is 2.42 bits per heavy atom. The molecule has 0 aliphatic carbocycles. The summed E-state index contributed by atoms with van der Waals surface area (Å²) >= 11 is 0. The molecule has 0 N–H and O–H groups in total. The Bertz CT molecular complexity index is 430. The Labute approximate surface area is 115 Å². The number of aryl methyl sites for hydroxylation is 1. The molecule has 3 fully saturated rings. The van der Waals surface area contributed by atoms with Crippen molar-refractivity contribution in [1.29, 1.82) is 0 Å². The van der Waals surface area contributed by atoms with E-state index in [4.69, 9.17) is 4.74 Å². The summed E-state index contributed by atoms with van der Waals surface area (Å²) in [6, 6.07) is 6.44. The lowest BCUT2D eigenvalue weighted by molar-refractivity contribution is -0.132. The second-order valence-electron chi connectivity index (χ2n) is 5.37. The van der Waals surface area contributed by atoms with Crippen LogP contribution in [0.15, 0.2) is 18.3 Å². The maximum absolute atomic E-state index is 5.26. The fraction of sp³-hybridized carbons (Fsp3) is 0.667. The predicted molar refractivity (Wildman–Crippen MR) is 76.6 cm³/mol. The number of hydrogen-bond acceptors (Lipinski definition) is 4. The maximum atomic E-state index is 5.26. The Morgan fingerprint density at radius 1 is 1.16 bits per heavy atom. The van der Waals surface area contributed by atoms with Crippen molar-refractivity contribution in [3.63, 3.8) is 0 Å². The number of hydrogen-bond donors (Lipinski definition) is 0. The molecule has 1 unspecified atom stereocenters. The number of aromatic nitrogens is 1. The molecule has 0 amide bonds. The number of nitrogens with zero attached hydrogens (tertiary/aromatic N) is 3. The van der Waals surface area contributed by atoms with Crippen molar-refractivity contribution in [2.75, 3.05) is 31.2 Å². The van der Waals surface area contributed by atoms with Crippen LogP contribution in [0.4, 0.5) is 5.82 Å². The van der Waals surface area contributed by atoms with Crippen molar-refractivity contribution in [1.82, 2.24) is 9.88 Å². The molecule has 4 heterocycles. The first-order valence-corrected chi connectivity index (χ1v) is 7.36. The van der Waals surface area contributed by atoms with Crippen LogP contribution in [0.5, 0.6) is 0 Å². The molecule has 0 bridgehead atoms. The highest BCUT2D eigenvalue weighted by atomic mass is 16.5. The lowest BCUT2D eigenvalue weighted by Gasteiger charge is -2.65. The molecule has 2 atom stereocenters. The topological polar surface area (TPSA) is 28.6 Å². The van der Waals surface area contributed by atoms with Crippen LogP contribution in [0, 0.1) is 6.92 Å². The number of likely N-dealkylation sites (tertiary alicyclic amines) is 1. The summed E-state index contributed by atoms with van der Waals surface area (Å²) in [5, 5.41) is 0.